The van der Waals surface area contributed by atoms with Gasteiger partial charge in [0.15, 0.2) is 0 Å². The van der Waals surface area contributed by atoms with E-state index >= 15 is 0 Å². The lowest BCUT2D eigenvalue weighted by Crippen LogP contribution is -2.22. The van der Waals surface area contributed by atoms with Gasteiger partial charge in [-0.25, -0.2) is 0 Å². The summed E-state index contributed by atoms with van der Waals surface area (Å²) < 4.78 is 0. The van der Waals surface area contributed by atoms with Crippen LogP contribution in [0.4, 0.5) is 0 Å². The van der Waals surface area contributed by atoms with Crippen molar-refractivity contribution in [1.82, 2.24) is 4.90 Å². The second kappa shape index (κ2) is 4.06. The minimum absolute atomic E-state index is 0.643. The molecule has 0 aromatic heterocycles. The van der Waals surface area contributed by atoms with Crippen molar-refractivity contribution in [2.45, 2.75) is 12.3 Å². The summed E-state index contributed by atoms with van der Waals surface area (Å²) in [6, 6.07) is 11.0. The van der Waals surface area contributed by atoms with Gasteiger partial charge in [-0.3, -0.25) is 0 Å². The highest BCUT2D eigenvalue weighted by Crippen LogP contribution is 2.41. The maximum Gasteiger partial charge on any atom is 0.00616 e. The number of rotatable bonds is 1. The van der Waals surface area contributed by atoms with Crippen LogP contribution in [0.5, 0.6) is 0 Å². The van der Waals surface area contributed by atoms with Crippen molar-refractivity contribution in [3.8, 4) is 0 Å². The SMILES string of the molecule is CN1C[C@H]2CC=C[C@H](c3ccccc3)[C@@H]2C1. The zero-order chi connectivity index (χ0) is 11.0. The van der Waals surface area contributed by atoms with E-state index in [1.807, 2.05) is 0 Å². The number of allylic oxidation sites excluding steroid dienone is 2. The molecule has 1 heteroatoms. The third-order valence-electron chi connectivity index (χ3n) is 4.10. The lowest BCUT2D eigenvalue weighted by Gasteiger charge is -2.29. The first-order chi connectivity index (χ1) is 7.84. The molecule has 3 rings (SSSR count). The van der Waals surface area contributed by atoms with Crippen molar-refractivity contribution < 1.29 is 0 Å². The van der Waals surface area contributed by atoms with Crippen LogP contribution in [0, 0.1) is 11.8 Å². The Morgan fingerprint density at radius 2 is 1.94 bits per heavy atom. The highest BCUT2D eigenvalue weighted by molar-refractivity contribution is 5.27. The van der Waals surface area contributed by atoms with Gasteiger partial charge in [0.2, 0.25) is 0 Å². The predicted molar refractivity (Wildman–Crippen MR) is 67.4 cm³/mol. The molecule has 1 saturated heterocycles. The fraction of sp³-hybridized carbons (Fsp3) is 0.467. The molecule has 1 nitrogen and oxygen atoms in total. The molecule has 0 bridgehead atoms. The summed E-state index contributed by atoms with van der Waals surface area (Å²) in [5.41, 5.74) is 1.49. The molecule has 1 aliphatic heterocycles. The van der Waals surface area contributed by atoms with Crippen LogP contribution in [0.15, 0.2) is 42.5 Å². The van der Waals surface area contributed by atoms with Gasteiger partial charge in [-0.05, 0) is 30.9 Å². The maximum atomic E-state index is 2.48. The second-order valence-corrected chi connectivity index (χ2v) is 5.25. The molecule has 1 heterocycles. The normalized spacial score (nSPS) is 33.9. The van der Waals surface area contributed by atoms with Gasteiger partial charge in [0.25, 0.3) is 0 Å². The van der Waals surface area contributed by atoms with Gasteiger partial charge < -0.3 is 4.90 Å². The Hall–Kier alpha value is -1.08. The number of benzene rings is 1. The van der Waals surface area contributed by atoms with Crippen LogP contribution >= 0.6 is 0 Å². The summed E-state index contributed by atoms with van der Waals surface area (Å²) in [7, 11) is 2.25. The number of hydrogen-bond donors (Lipinski definition) is 0. The molecule has 1 fully saturated rings. The van der Waals surface area contributed by atoms with Crippen molar-refractivity contribution in [2.24, 2.45) is 11.8 Å². The molecular weight excluding hydrogens is 194 g/mol. The van der Waals surface area contributed by atoms with Crippen molar-refractivity contribution in [1.29, 1.82) is 0 Å². The van der Waals surface area contributed by atoms with Crippen molar-refractivity contribution >= 4 is 0 Å². The molecule has 3 atom stereocenters. The fourth-order valence-corrected chi connectivity index (χ4v) is 3.35. The predicted octanol–water partition coefficient (Wildman–Crippen LogP) is 2.91. The standard InChI is InChI=1S/C15H19N/c1-16-10-13-8-5-9-14(15(13)11-16)12-6-3-2-4-7-12/h2-7,9,13-15H,8,10-11H2,1H3/t13-,14-,15-/m1/s1. The molecule has 0 saturated carbocycles. The first-order valence-electron chi connectivity index (χ1n) is 6.25. The summed E-state index contributed by atoms with van der Waals surface area (Å²) in [5.74, 6) is 2.35. The van der Waals surface area contributed by atoms with Crippen LogP contribution in [0.2, 0.25) is 0 Å². The van der Waals surface area contributed by atoms with Gasteiger partial charge in [0.05, 0.1) is 0 Å². The third-order valence-corrected chi connectivity index (χ3v) is 4.10. The van der Waals surface area contributed by atoms with Crippen LogP contribution in [0.1, 0.15) is 17.9 Å². The minimum Gasteiger partial charge on any atom is -0.306 e. The van der Waals surface area contributed by atoms with Gasteiger partial charge in [-0.2, -0.15) is 0 Å². The topological polar surface area (TPSA) is 3.24 Å². The van der Waals surface area contributed by atoms with Crippen molar-refractivity contribution in [3.63, 3.8) is 0 Å². The van der Waals surface area contributed by atoms with Crippen LogP contribution in [0.25, 0.3) is 0 Å². The van der Waals surface area contributed by atoms with Crippen LogP contribution < -0.4 is 0 Å². The summed E-state index contributed by atoms with van der Waals surface area (Å²) >= 11 is 0. The van der Waals surface area contributed by atoms with Gasteiger partial charge in [0, 0.05) is 19.0 Å². The monoisotopic (exact) mass is 213 g/mol. The first-order valence-corrected chi connectivity index (χ1v) is 6.25. The lowest BCUT2D eigenvalue weighted by molar-refractivity contribution is 0.368. The molecule has 0 unspecified atom stereocenters. The van der Waals surface area contributed by atoms with Gasteiger partial charge in [-0.1, -0.05) is 42.5 Å². The number of fused-ring (bicyclic) bond motifs is 1. The summed E-state index contributed by atoms with van der Waals surface area (Å²) in [6.07, 6.45) is 6.09. The van der Waals surface area contributed by atoms with E-state index in [0.29, 0.717) is 5.92 Å². The average Bonchev–Trinajstić information content (AvgIpc) is 2.70. The van der Waals surface area contributed by atoms with Crippen LogP contribution in [-0.4, -0.2) is 25.0 Å². The Bertz CT molecular complexity index is 382. The van der Waals surface area contributed by atoms with E-state index in [4.69, 9.17) is 0 Å². The zero-order valence-corrected chi connectivity index (χ0v) is 9.84. The van der Waals surface area contributed by atoms with E-state index in [0.717, 1.165) is 11.8 Å². The largest absolute Gasteiger partial charge is 0.306 e. The Kier molecular flexibility index (Phi) is 2.56. The molecule has 0 N–H and O–H groups in total. The molecule has 0 spiro atoms. The average molecular weight is 213 g/mol. The lowest BCUT2D eigenvalue weighted by atomic mass is 9.75. The van der Waals surface area contributed by atoms with Gasteiger partial charge in [-0.15, -0.1) is 0 Å². The highest BCUT2D eigenvalue weighted by atomic mass is 15.1. The van der Waals surface area contributed by atoms with Gasteiger partial charge >= 0.3 is 0 Å². The molecule has 16 heavy (non-hydrogen) atoms. The Labute approximate surface area is 97.8 Å². The van der Waals surface area contributed by atoms with E-state index in [9.17, 15) is 0 Å². The first kappa shape index (κ1) is 10.1. The van der Waals surface area contributed by atoms with E-state index in [1.54, 1.807) is 0 Å². The van der Waals surface area contributed by atoms with Crippen molar-refractivity contribution in [2.75, 3.05) is 20.1 Å². The highest BCUT2D eigenvalue weighted by Gasteiger charge is 2.37. The van der Waals surface area contributed by atoms with E-state index in [-0.39, 0.29) is 0 Å². The molecule has 1 aromatic rings. The molecule has 2 aliphatic rings. The summed E-state index contributed by atoms with van der Waals surface area (Å²) in [6.45, 7) is 2.53. The number of hydrogen-bond acceptors (Lipinski definition) is 1. The molecule has 1 aromatic carbocycles. The third kappa shape index (κ3) is 1.69. The molecule has 0 radical (unpaired) electrons. The van der Waals surface area contributed by atoms with Gasteiger partial charge in [0.1, 0.15) is 0 Å². The minimum atomic E-state index is 0.643. The fourth-order valence-electron chi connectivity index (χ4n) is 3.35. The Morgan fingerprint density at radius 3 is 2.75 bits per heavy atom. The van der Waals surface area contributed by atoms with E-state index in [2.05, 4.69) is 54.4 Å². The Balaban J connectivity index is 1.90. The summed E-state index contributed by atoms with van der Waals surface area (Å²) in [4.78, 5) is 2.48. The molecule has 1 aliphatic carbocycles. The number of likely N-dealkylation sites (tertiary alicyclic amines) is 1. The molecule has 0 amide bonds. The zero-order valence-electron chi connectivity index (χ0n) is 9.84. The second-order valence-electron chi connectivity index (χ2n) is 5.25. The smallest absolute Gasteiger partial charge is 0.00616 e. The quantitative estimate of drug-likeness (QED) is 0.648. The maximum absolute atomic E-state index is 2.48. The van der Waals surface area contributed by atoms with E-state index < -0.39 is 0 Å². The number of nitrogens with zero attached hydrogens (tertiary/aromatic N) is 1. The summed E-state index contributed by atoms with van der Waals surface area (Å²) in [5, 5.41) is 0. The van der Waals surface area contributed by atoms with Crippen molar-refractivity contribution in [3.05, 3.63) is 48.0 Å². The molecule has 84 valence electrons. The molecular formula is C15H19N. The van der Waals surface area contributed by atoms with Crippen LogP contribution in [-0.2, 0) is 0 Å². The Morgan fingerprint density at radius 1 is 1.12 bits per heavy atom. The van der Waals surface area contributed by atoms with E-state index in [1.165, 1.54) is 25.1 Å². The van der Waals surface area contributed by atoms with Crippen LogP contribution in [0.3, 0.4) is 0 Å².